The van der Waals surface area contributed by atoms with Crippen LogP contribution in [0.1, 0.15) is 6.42 Å². The van der Waals surface area contributed by atoms with E-state index < -0.39 is 55.3 Å². The molecule has 0 amide bonds. The summed E-state index contributed by atoms with van der Waals surface area (Å²) in [6, 6.07) is 0. The molecule has 7 N–H and O–H groups in total. The molecule has 0 aliphatic carbocycles. The molecule has 106 valence electrons. The molecular weight excluding hydrogens is 252 g/mol. The summed E-state index contributed by atoms with van der Waals surface area (Å²) < 4.78 is 4.63. The Morgan fingerprint density at radius 2 is 1.94 bits per heavy atom. The highest BCUT2D eigenvalue weighted by atomic mass is 16.7. The number of hydrogen-bond donors (Lipinski definition) is 7. The van der Waals surface area contributed by atoms with Gasteiger partial charge in [0.2, 0.25) is 0 Å². The van der Waals surface area contributed by atoms with Crippen LogP contribution in [0.3, 0.4) is 0 Å². The normalized spacial score (nSPS) is 40.2. The van der Waals surface area contributed by atoms with Crippen molar-refractivity contribution in [2.24, 2.45) is 0 Å². The highest BCUT2D eigenvalue weighted by Gasteiger charge is 2.53. The van der Waals surface area contributed by atoms with E-state index in [2.05, 4.69) is 4.74 Å². The maximum Gasteiger partial charge on any atom is 0.364 e. The molecule has 0 saturated carbocycles. The Bertz CT molecular complexity index is 308. The molecule has 1 rings (SSSR count). The lowest BCUT2D eigenvalue weighted by Gasteiger charge is -2.42. The molecule has 1 aliphatic heterocycles. The zero-order valence-corrected chi connectivity index (χ0v) is 9.25. The Morgan fingerprint density at radius 1 is 1.39 bits per heavy atom. The number of aliphatic hydroxyl groups excluding tert-OH is 5. The van der Waals surface area contributed by atoms with Gasteiger partial charge in [-0.25, -0.2) is 4.79 Å². The fourth-order valence-corrected chi connectivity index (χ4v) is 1.70. The Morgan fingerprint density at radius 3 is 2.39 bits per heavy atom. The van der Waals surface area contributed by atoms with Crippen LogP contribution in [0.15, 0.2) is 0 Å². The minimum Gasteiger partial charge on any atom is -0.477 e. The van der Waals surface area contributed by atoms with Crippen molar-refractivity contribution < 1.29 is 45.3 Å². The number of hydrogen-bond acceptors (Lipinski definition) is 8. The number of aliphatic carboxylic acids is 1. The Hall–Kier alpha value is -0.810. The number of ether oxygens (including phenoxy) is 1. The summed E-state index contributed by atoms with van der Waals surface area (Å²) >= 11 is 0. The van der Waals surface area contributed by atoms with E-state index in [4.69, 9.17) is 10.2 Å². The number of carboxylic acids is 1. The summed E-state index contributed by atoms with van der Waals surface area (Å²) in [6.07, 6.45) is -9.50. The predicted octanol–water partition coefficient (Wildman–Crippen LogP) is -4.02. The molecule has 0 radical (unpaired) electrons. The van der Waals surface area contributed by atoms with E-state index in [1.54, 1.807) is 0 Å². The third-order valence-electron chi connectivity index (χ3n) is 2.80. The van der Waals surface area contributed by atoms with Crippen LogP contribution in [0.2, 0.25) is 0 Å². The predicted molar refractivity (Wildman–Crippen MR) is 53.2 cm³/mol. The van der Waals surface area contributed by atoms with E-state index in [9.17, 15) is 30.3 Å². The summed E-state index contributed by atoms with van der Waals surface area (Å²) in [5.74, 6) is -4.58. The van der Waals surface area contributed by atoms with Crippen molar-refractivity contribution in [3.63, 3.8) is 0 Å². The molecule has 1 saturated heterocycles. The second-order valence-corrected chi connectivity index (χ2v) is 4.17. The fraction of sp³-hybridized carbons (Fsp3) is 0.889. The van der Waals surface area contributed by atoms with Gasteiger partial charge in [0, 0.05) is 6.42 Å². The van der Waals surface area contributed by atoms with Crippen molar-refractivity contribution in [2.75, 3.05) is 6.61 Å². The van der Waals surface area contributed by atoms with E-state index in [-0.39, 0.29) is 0 Å². The van der Waals surface area contributed by atoms with Crippen molar-refractivity contribution in [1.82, 2.24) is 0 Å². The maximum atomic E-state index is 10.8. The van der Waals surface area contributed by atoms with Gasteiger partial charge in [-0.15, -0.1) is 0 Å². The van der Waals surface area contributed by atoms with Gasteiger partial charge in [-0.1, -0.05) is 0 Å². The van der Waals surface area contributed by atoms with Crippen LogP contribution in [0.4, 0.5) is 0 Å². The summed E-state index contributed by atoms with van der Waals surface area (Å²) in [6.45, 7) is -0.866. The number of carboxylic acid groups (broad SMARTS) is 1. The minimum absolute atomic E-state index is 0.790. The average molecular weight is 268 g/mol. The SMILES string of the molecule is O=C(O)C1(O)C[C@H](O)[C@@H](O)C([C@H](O)[C@H](O)CO)O1. The number of aliphatic hydroxyl groups is 6. The molecule has 0 aromatic heterocycles. The molecule has 1 aliphatic rings. The van der Waals surface area contributed by atoms with Crippen LogP contribution in [0.5, 0.6) is 0 Å². The van der Waals surface area contributed by atoms with Crippen LogP contribution in [-0.2, 0) is 9.53 Å². The fourth-order valence-electron chi connectivity index (χ4n) is 1.70. The van der Waals surface area contributed by atoms with Gasteiger partial charge < -0.3 is 40.5 Å². The first kappa shape index (κ1) is 15.2. The molecule has 9 heteroatoms. The molecule has 0 spiro atoms. The van der Waals surface area contributed by atoms with Crippen molar-refractivity contribution in [1.29, 1.82) is 0 Å². The van der Waals surface area contributed by atoms with Crippen LogP contribution in [0, 0.1) is 0 Å². The smallest absolute Gasteiger partial charge is 0.364 e. The van der Waals surface area contributed by atoms with E-state index in [0.717, 1.165) is 0 Å². The van der Waals surface area contributed by atoms with Gasteiger partial charge in [-0.3, -0.25) is 0 Å². The van der Waals surface area contributed by atoms with Crippen molar-refractivity contribution in [3.05, 3.63) is 0 Å². The molecule has 0 aromatic carbocycles. The topological polar surface area (TPSA) is 168 Å². The second-order valence-electron chi connectivity index (χ2n) is 4.17. The first-order valence-corrected chi connectivity index (χ1v) is 5.19. The van der Waals surface area contributed by atoms with Gasteiger partial charge in [0.1, 0.15) is 24.4 Å². The zero-order chi connectivity index (χ0) is 14.1. The first-order chi connectivity index (χ1) is 8.23. The number of carbonyl (C=O) groups is 1. The van der Waals surface area contributed by atoms with Gasteiger partial charge in [0.15, 0.2) is 0 Å². The van der Waals surface area contributed by atoms with Crippen LogP contribution >= 0.6 is 0 Å². The van der Waals surface area contributed by atoms with Gasteiger partial charge in [-0.2, -0.15) is 0 Å². The van der Waals surface area contributed by atoms with Gasteiger partial charge in [-0.05, 0) is 0 Å². The molecule has 0 bridgehead atoms. The average Bonchev–Trinajstić information content (AvgIpc) is 2.31. The molecular formula is C9H16O9. The molecule has 1 heterocycles. The third-order valence-corrected chi connectivity index (χ3v) is 2.80. The molecule has 18 heavy (non-hydrogen) atoms. The molecule has 1 fully saturated rings. The lowest BCUT2D eigenvalue weighted by molar-refractivity contribution is -0.312. The summed E-state index contributed by atoms with van der Waals surface area (Å²) in [5.41, 5.74) is 0. The Labute approximate surface area is 101 Å². The van der Waals surface area contributed by atoms with Crippen LogP contribution < -0.4 is 0 Å². The molecule has 6 atom stereocenters. The number of rotatable bonds is 4. The van der Waals surface area contributed by atoms with Crippen molar-refractivity contribution in [3.8, 4) is 0 Å². The standard InChI is InChI=1S/C9H16O9/c10-2-4(12)6(14)7-5(13)3(11)1-9(17,18-7)8(15)16/h3-7,10-14,17H,1-2H2,(H,15,16)/t3-,4+,5+,6+,7?,9?/m0/s1. The summed E-state index contributed by atoms with van der Waals surface area (Å²) in [7, 11) is 0. The second kappa shape index (κ2) is 5.45. The van der Waals surface area contributed by atoms with Crippen molar-refractivity contribution in [2.45, 2.75) is 42.7 Å². The summed E-state index contributed by atoms with van der Waals surface area (Å²) in [4.78, 5) is 10.8. The van der Waals surface area contributed by atoms with Crippen LogP contribution in [0.25, 0.3) is 0 Å². The molecule has 0 aromatic rings. The minimum atomic E-state index is -2.78. The van der Waals surface area contributed by atoms with Gasteiger partial charge >= 0.3 is 5.97 Å². The molecule has 9 nitrogen and oxygen atoms in total. The Balaban J connectivity index is 2.92. The van der Waals surface area contributed by atoms with E-state index >= 15 is 0 Å². The van der Waals surface area contributed by atoms with Crippen LogP contribution in [-0.4, -0.2) is 84.6 Å². The van der Waals surface area contributed by atoms with E-state index in [0.29, 0.717) is 0 Å². The highest BCUT2D eigenvalue weighted by Crippen LogP contribution is 2.30. The monoisotopic (exact) mass is 268 g/mol. The lowest BCUT2D eigenvalue weighted by Crippen LogP contribution is -2.63. The van der Waals surface area contributed by atoms with Gasteiger partial charge in [0.25, 0.3) is 5.79 Å². The Kier molecular flexibility index (Phi) is 4.61. The largest absolute Gasteiger partial charge is 0.477 e. The lowest BCUT2D eigenvalue weighted by atomic mass is 9.91. The maximum absolute atomic E-state index is 10.8. The summed E-state index contributed by atoms with van der Waals surface area (Å²) in [5, 5.41) is 64.6. The highest BCUT2D eigenvalue weighted by molar-refractivity contribution is 5.75. The quantitative estimate of drug-likeness (QED) is 0.268. The third kappa shape index (κ3) is 2.78. The van der Waals surface area contributed by atoms with E-state index in [1.165, 1.54) is 0 Å². The van der Waals surface area contributed by atoms with E-state index in [1.807, 2.05) is 0 Å². The first-order valence-electron chi connectivity index (χ1n) is 5.19. The molecule has 2 unspecified atom stereocenters. The van der Waals surface area contributed by atoms with Crippen molar-refractivity contribution >= 4 is 5.97 Å². The zero-order valence-electron chi connectivity index (χ0n) is 9.25. The van der Waals surface area contributed by atoms with Gasteiger partial charge in [0.05, 0.1) is 12.7 Å².